The Morgan fingerprint density at radius 3 is 2.13 bits per heavy atom. The quantitative estimate of drug-likeness (QED) is 0.720. The van der Waals surface area contributed by atoms with Gasteiger partial charge in [0, 0.05) is 38.4 Å². The number of nitrogens with zero attached hydrogens (tertiary/aromatic N) is 2. The Kier molecular flexibility index (Phi) is 6.90. The van der Waals surface area contributed by atoms with Gasteiger partial charge >= 0.3 is 0 Å². The van der Waals surface area contributed by atoms with Gasteiger partial charge < -0.3 is 24.6 Å². The molecule has 1 aliphatic heterocycles. The van der Waals surface area contributed by atoms with Crippen molar-refractivity contribution in [3.05, 3.63) is 48.5 Å². The number of nitrogens with one attached hydrogen (secondary N) is 1. The monoisotopic (exact) mass is 411 g/mol. The van der Waals surface area contributed by atoms with E-state index in [1.807, 2.05) is 12.1 Å². The van der Waals surface area contributed by atoms with Gasteiger partial charge in [-0.15, -0.1) is 0 Å². The van der Waals surface area contributed by atoms with Gasteiger partial charge in [0.25, 0.3) is 11.8 Å². The standard InChI is InChI=1S/C22H25N3O5/c1-24(2)22(28)15-30-18-9-5-16(6-10-18)23-20(26)14-29-19-11-7-17(8-12-19)25-13-3-4-21(25)27/h5-12H,3-4,13-15H2,1-2H3,(H,23,26). The summed E-state index contributed by atoms with van der Waals surface area (Å²) >= 11 is 0. The van der Waals surface area contributed by atoms with Gasteiger partial charge in [0.2, 0.25) is 5.91 Å². The number of hydrogen-bond acceptors (Lipinski definition) is 5. The van der Waals surface area contributed by atoms with E-state index in [4.69, 9.17) is 9.47 Å². The Morgan fingerprint density at radius 2 is 1.57 bits per heavy atom. The van der Waals surface area contributed by atoms with Crippen molar-refractivity contribution in [3.8, 4) is 11.5 Å². The third kappa shape index (κ3) is 5.73. The van der Waals surface area contributed by atoms with Crippen LogP contribution < -0.4 is 19.7 Å². The van der Waals surface area contributed by atoms with E-state index in [2.05, 4.69) is 5.32 Å². The van der Waals surface area contributed by atoms with Gasteiger partial charge in [-0.3, -0.25) is 14.4 Å². The van der Waals surface area contributed by atoms with E-state index in [-0.39, 0.29) is 30.9 Å². The predicted octanol–water partition coefficient (Wildman–Crippen LogP) is 2.30. The summed E-state index contributed by atoms with van der Waals surface area (Å²) in [5, 5.41) is 2.74. The molecule has 1 aliphatic rings. The van der Waals surface area contributed by atoms with Crippen LogP contribution in [-0.2, 0) is 14.4 Å². The fraction of sp³-hybridized carbons (Fsp3) is 0.318. The Hall–Kier alpha value is -3.55. The van der Waals surface area contributed by atoms with Gasteiger partial charge in [-0.25, -0.2) is 0 Å². The maximum Gasteiger partial charge on any atom is 0.262 e. The van der Waals surface area contributed by atoms with Crippen LogP contribution in [-0.4, -0.2) is 56.5 Å². The van der Waals surface area contributed by atoms with Crippen molar-refractivity contribution >= 4 is 29.1 Å². The summed E-state index contributed by atoms with van der Waals surface area (Å²) in [6.07, 6.45) is 1.46. The van der Waals surface area contributed by atoms with Crippen LogP contribution in [0, 0.1) is 0 Å². The lowest BCUT2D eigenvalue weighted by atomic mass is 10.3. The van der Waals surface area contributed by atoms with Gasteiger partial charge in [-0.2, -0.15) is 0 Å². The number of amides is 3. The highest BCUT2D eigenvalue weighted by atomic mass is 16.5. The smallest absolute Gasteiger partial charge is 0.262 e. The molecule has 0 aromatic heterocycles. The Balaban J connectivity index is 1.44. The number of rotatable bonds is 8. The van der Waals surface area contributed by atoms with Gasteiger partial charge in [0.05, 0.1) is 0 Å². The Labute approximate surface area is 175 Å². The minimum atomic E-state index is -0.301. The lowest BCUT2D eigenvalue weighted by Gasteiger charge is -2.16. The summed E-state index contributed by atoms with van der Waals surface area (Å²) in [6.45, 7) is 0.548. The molecule has 2 aromatic carbocycles. The van der Waals surface area contributed by atoms with E-state index in [0.717, 1.165) is 18.7 Å². The zero-order chi connectivity index (χ0) is 21.5. The maximum atomic E-state index is 12.1. The van der Waals surface area contributed by atoms with Crippen molar-refractivity contribution in [2.75, 3.05) is 44.1 Å². The van der Waals surface area contributed by atoms with E-state index in [0.29, 0.717) is 23.6 Å². The molecule has 1 saturated heterocycles. The summed E-state index contributed by atoms with van der Waals surface area (Å²) in [5.41, 5.74) is 1.43. The number of hydrogen-bond donors (Lipinski definition) is 1. The molecule has 1 N–H and O–H groups in total. The number of benzene rings is 2. The van der Waals surface area contributed by atoms with E-state index in [1.54, 1.807) is 55.4 Å². The average Bonchev–Trinajstić information content (AvgIpc) is 3.17. The molecule has 1 heterocycles. The second-order valence-electron chi connectivity index (χ2n) is 7.08. The highest BCUT2D eigenvalue weighted by Gasteiger charge is 2.21. The first-order valence-electron chi connectivity index (χ1n) is 9.68. The topological polar surface area (TPSA) is 88.2 Å². The number of carbonyl (C=O) groups excluding carboxylic acids is 3. The average molecular weight is 411 g/mol. The summed E-state index contributed by atoms with van der Waals surface area (Å²) in [6, 6.07) is 13.9. The predicted molar refractivity (Wildman–Crippen MR) is 113 cm³/mol. The second kappa shape index (κ2) is 9.78. The zero-order valence-electron chi connectivity index (χ0n) is 17.1. The van der Waals surface area contributed by atoms with Crippen molar-refractivity contribution in [3.63, 3.8) is 0 Å². The molecule has 1 fully saturated rings. The van der Waals surface area contributed by atoms with E-state index < -0.39 is 0 Å². The van der Waals surface area contributed by atoms with Crippen molar-refractivity contribution < 1.29 is 23.9 Å². The number of likely N-dealkylation sites (N-methyl/N-ethyl adjacent to an activating group) is 1. The molecule has 3 rings (SSSR count). The summed E-state index contributed by atoms with van der Waals surface area (Å²) in [4.78, 5) is 38.6. The lowest BCUT2D eigenvalue weighted by Crippen LogP contribution is -2.27. The van der Waals surface area contributed by atoms with Crippen LogP contribution >= 0.6 is 0 Å². The first kappa shape index (κ1) is 21.2. The van der Waals surface area contributed by atoms with E-state index in [1.165, 1.54) is 4.90 Å². The molecule has 0 aliphatic carbocycles. The molecule has 0 spiro atoms. The van der Waals surface area contributed by atoms with Crippen molar-refractivity contribution in [2.24, 2.45) is 0 Å². The molecule has 2 aromatic rings. The third-order valence-electron chi connectivity index (χ3n) is 4.59. The molecule has 3 amide bonds. The number of ether oxygens (including phenoxy) is 2. The van der Waals surface area contributed by atoms with Crippen LogP contribution in [0.3, 0.4) is 0 Å². The van der Waals surface area contributed by atoms with Crippen LogP contribution in [0.15, 0.2) is 48.5 Å². The van der Waals surface area contributed by atoms with Crippen molar-refractivity contribution in [1.29, 1.82) is 0 Å². The summed E-state index contributed by atoms with van der Waals surface area (Å²) in [7, 11) is 3.32. The molecule has 0 bridgehead atoms. The van der Waals surface area contributed by atoms with E-state index in [9.17, 15) is 14.4 Å². The summed E-state index contributed by atoms with van der Waals surface area (Å²) < 4.78 is 10.9. The van der Waals surface area contributed by atoms with Gasteiger partial charge in [0.15, 0.2) is 13.2 Å². The zero-order valence-corrected chi connectivity index (χ0v) is 17.1. The van der Waals surface area contributed by atoms with Crippen LogP contribution in [0.5, 0.6) is 11.5 Å². The van der Waals surface area contributed by atoms with Gasteiger partial charge in [-0.05, 0) is 55.0 Å². The molecule has 8 nitrogen and oxygen atoms in total. The molecule has 0 unspecified atom stereocenters. The fourth-order valence-corrected chi connectivity index (χ4v) is 2.90. The first-order chi connectivity index (χ1) is 14.4. The Morgan fingerprint density at radius 1 is 0.967 bits per heavy atom. The molecule has 30 heavy (non-hydrogen) atoms. The van der Waals surface area contributed by atoms with Crippen molar-refractivity contribution in [2.45, 2.75) is 12.8 Å². The van der Waals surface area contributed by atoms with E-state index >= 15 is 0 Å². The highest BCUT2D eigenvalue weighted by molar-refractivity contribution is 5.95. The van der Waals surface area contributed by atoms with Crippen LogP contribution in [0.25, 0.3) is 0 Å². The molecule has 0 saturated carbocycles. The van der Waals surface area contributed by atoms with Gasteiger partial charge in [0.1, 0.15) is 11.5 Å². The van der Waals surface area contributed by atoms with Crippen LogP contribution in [0.1, 0.15) is 12.8 Å². The Bertz CT molecular complexity index is 894. The number of carbonyl (C=O) groups is 3. The third-order valence-corrected chi connectivity index (χ3v) is 4.59. The molecule has 0 atom stereocenters. The molecule has 0 radical (unpaired) electrons. The minimum Gasteiger partial charge on any atom is -0.484 e. The molecule has 158 valence electrons. The minimum absolute atomic E-state index is 0.0444. The molecular weight excluding hydrogens is 386 g/mol. The highest BCUT2D eigenvalue weighted by Crippen LogP contribution is 2.24. The van der Waals surface area contributed by atoms with Crippen molar-refractivity contribution in [1.82, 2.24) is 4.90 Å². The molecule has 8 heteroatoms. The second-order valence-corrected chi connectivity index (χ2v) is 7.08. The van der Waals surface area contributed by atoms with Gasteiger partial charge in [-0.1, -0.05) is 0 Å². The summed E-state index contributed by atoms with van der Waals surface area (Å²) in [5.74, 6) is 0.782. The number of anilines is 2. The fourth-order valence-electron chi connectivity index (χ4n) is 2.90. The SMILES string of the molecule is CN(C)C(=O)COc1ccc(NC(=O)COc2ccc(N3CCCC3=O)cc2)cc1. The maximum absolute atomic E-state index is 12.1. The molecular formula is C22H25N3O5. The van der Waals surface area contributed by atoms with Crippen LogP contribution in [0.4, 0.5) is 11.4 Å². The first-order valence-corrected chi connectivity index (χ1v) is 9.68. The van der Waals surface area contributed by atoms with Crippen LogP contribution in [0.2, 0.25) is 0 Å². The normalized spacial score (nSPS) is 13.1. The largest absolute Gasteiger partial charge is 0.484 e. The lowest BCUT2D eigenvalue weighted by molar-refractivity contribution is -0.130.